The Morgan fingerprint density at radius 2 is 2.31 bits per heavy atom. The number of carbonyl (C=O) groups excluding carboxylic acids is 1. The van der Waals surface area contributed by atoms with Gasteiger partial charge in [-0.15, -0.1) is 11.3 Å². The van der Waals surface area contributed by atoms with Gasteiger partial charge in [0.25, 0.3) is 0 Å². The number of thiophene rings is 1. The molecule has 1 amide bonds. The predicted octanol–water partition coefficient (Wildman–Crippen LogP) is 3.82. The summed E-state index contributed by atoms with van der Waals surface area (Å²) >= 11 is 1.63. The van der Waals surface area contributed by atoms with Crippen molar-refractivity contribution in [1.29, 1.82) is 0 Å². The first-order chi connectivity index (χ1) is 14.1. The van der Waals surface area contributed by atoms with Crippen molar-refractivity contribution in [2.24, 2.45) is 0 Å². The van der Waals surface area contributed by atoms with Crippen LogP contribution in [0.25, 0.3) is 11.4 Å². The van der Waals surface area contributed by atoms with Crippen LogP contribution in [0.1, 0.15) is 36.5 Å². The summed E-state index contributed by atoms with van der Waals surface area (Å²) in [4.78, 5) is 20.3. The second kappa shape index (κ2) is 8.84. The summed E-state index contributed by atoms with van der Waals surface area (Å²) in [6.45, 7) is 4.02. The Morgan fingerprint density at radius 3 is 3.10 bits per heavy atom. The van der Waals surface area contributed by atoms with Gasteiger partial charge in [-0.1, -0.05) is 23.4 Å². The number of benzene rings is 1. The highest BCUT2D eigenvalue weighted by Gasteiger charge is 2.31. The zero-order chi connectivity index (χ0) is 20.2. The minimum Gasteiger partial charge on any atom is -0.350 e. The van der Waals surface area contributed by atoms with Gasteiger partial charge in [0, 0.05) is 17.0 Å². The summed E-state index contributed by atoms with van der Waals surface area (Å²) in [5, 5.41) is 9.03. The minimum absolute atomic E-state index is 0.0185. The van der Waals surface area contributed by atoms with Crippen LogP contribution in [0.2, 0.25) is 0 Å². The van der Waals surface area contributed by atoms with Gasteiger partial charge in [0.15, 0.2) is 0 Å². The summed E-state index contributed by atoms with van der Waals surface area (Å²) in [5.74, 6) is 0.676. The monoisotopic (exact) mass is 414 g/mol. The Kier molecular flexibility index (Phi) is 6.01. The molecule has 2 aromatic heterocycles. The third-order valence-corrected chi connectivity index (χ3v) is 6.15. The number of hydrogen-bond acceptors (Lipinski definition) is 6. The highest BCUT2D eigenvalue weighted by Crippen LogP contribution is 2.28. The van der Waals surface area contributed by atoms with Crippen LogP contribution in [0, 0.1) is 5.82 Å². The van der Waals surface area contributed by atoms with E-state index in [2.05, 4.69) is 20.4 Å². The van der Waals surface area contributed by atoms with Crippen LogP contribution in [-0.4, -0.2) is 40.1 Å². The van der Waals surface area contributed by atoms with Crippen LogP contribution in [0.15, 0.2) is 46.3 Å². The predicted molar refractivity (Wildman–Crippen MR) is 109 cm³/mol. The molecule has 0 aliphatic carbocycles. The molecule has 0 saturated carbocycles. The molecule has 152 valence electrons. The Labute approximate surface area is 172 Å². The normalized spacial score (nSPS) is 18.5. The number of likely N-dealkylation sites (tertiary alicyclic amines) is 1. The molecule has 3 aromatic rings. The van der Waals surface area contributed by atoms with Crippen molar-refractivity contribution in [3.05, 3.63) is 58.4 Å². The summed E-state index contributed by atoms with van der Waals surface area (Å²) < 4.78 is 18.9. The quantitative estimate of drug-likeness (QED) is 0.664. The average molecular weight is 415 g/mol. The van der Waals surface area contributed by atoms with Crippen LogP contribution < -0.4 is 5.32 Å². The van der Waals surface area contributed by atoms with Gasteiger partial charge in [0.05, 0.1) is 18.5 Å². The van der Waals surface area contributed by atoms with Crippen LogP contribution in [0.5, 0.6) is 0 Å². The zero-order valence-electron chi connectivity index (χ0n) is 16.2. The molecule has 1 saturated heterocycles. The number of rotatable bonds is 6. The SMILES string of the molecule is CC(C(=O)NCc1cccs1)N1CCCC(c2nc(-c3cccc(F)c3)no2)C1. The third-order valence-electron chi connectivity index (χ3n) is 5.27. The Balaban J connectivity index is 1.38. The molecule has 6 nitrogen and oxygen atoms in total. The van der Waals surface area contributed by atoms with Gasteiger partial charge in [-0.2, -0.15) is 4.98 Å². The van der Waals surface area contributed by atoms with Gasteiger partial charge in [0.1, 0.15) is 5.82 Å². The van der Waals surface area contributed by atoms with Crippen molar-refractivity contribution in [2.75, 3.05) is 13.1 Å². The number of halogens is 1. The molecule has 2 unspecified atom stereocenters. The second-order valence-corrected chi connectivity index (χ2v) is 8.31. The number of aromatic nitrogens is 2. The van der Waals surface area contributed by atoms with Gasteiger partial charge in [0.2, 0.25) is 17.6 Å². The fourth-order valence-corrected chi connectivity index (χ4v) is 4.25. The van der Waals surface area contributed by atoms with E-state index in [-0.39, 0.29) is 23.7 Å². The molecular weight excluding hydrogens is 391 g/mol. The van der Waals surface area contributed by atoms with Crippen molar-refractivity contribution in [3.8, 4) is 11.4 Å². The molecule has 1 fully saturated rings. The van der Waals surface area contributed by atoms with E-state index in [1.54, 1.807) is 23.5 Å². The lowest BCUT2D eigenvalue weighted by atomic mass is 9.96. The third kappa shape index (κ3) is 4.71. The molecular formula is C21H23FN4O2S. The number of nitrogens with one attached hydrogen (secondary N) is 1. The number of carbonyl (C=O) groups is 1. The fraction of sp³-hybridized carbons (Fsp3) is 0.381. The molecule has 8 heteroatoms. The van der Waals surface area contributed by atoms with Gasteiger partial charge in [-0.3, -0.25) is 9.69 Å². The average Bonchev–Trinajstić information content (AvgIpc) is 3.44. The molecule has 0 radical (unpaired) electrons. The second-order valence-electron chi connectivity index (χ2n) is 7.27. The van der Waals surface area contributed by atoms with Crippen LogP contribution >= 0.6 is 11.3 Å². The molecule has 1 N–H and O–H groups in total. The molecule has 0 bridgehead atoms. The molecule has 29 heavy (non-hydrogen) atoms. The smallest absolute Gasteiger partial charge is 0.237 e. The maximum Gasteiger partial charge on any atom is 0.237 e. The first-order valence-corrected chi connectivity index (χ1v) is 10.6. The van der Waals surface area contributed by atoms with Crippen molar-refractivity contribution in [1.82, 2.24) is 20.4 Å². The maximum absolute atomic E-state index is 13.5. The van der Waals surface area contributed by atoms with Crippen LogP contribution in [-0.2, 0) is 11.3 Å². The number of hydrogen-bond donors (Lipinski definition) is 1. The van der Waals surface area contributed by atoms with E-state index in [1.807, 2.05) is 24.4 Å². The molecule has 1 aromatic carbocycles. The van der Waals surface area contributed by atoms with Gasteiger partial charge < -0.3 is 9.84 Å². The minimum atomic E-state index is -0.333. The number of nitrogens with zero attached hydrogens (tertiary/aromatic N) is 3. The first-order valence-electron chi connectivity index (χ1n) is 9.74. The van der Waals surface area contributed by atoms with Crippen molar-refractivity contribution in [3.63, 3.8) is 0 Å². The molecule has 2 atom stereocenters. The Bertz CT molecular complexity index is 959. The Morgan fingerprint density at radius 1 is 1.41 bits per heavy atom. The van der Waals surface area contributed by atoms with E-state index in [4.69, 9.17) is 4.52 Å². The van der Waals surface area contributed by atoms with E-state index < -0.39 is 0 Å². The van der Waals surface area contributed by atoms with Gasteiger partial charge in [-0.05, 0) is 49.9 Å². The van der Waals surface area contributed by atoms with E-state index in [1.165, 1.54) is 12.1 Å². The van der Waals surface area contributed by atoms with E-state index in [0.29, 0.717) is 30.4 Å². The molecule has 0 spiro atoms. The zero-order valence-corrected chi connectivity index (χ0v) is 17.0. The topological polar surface area (TPSA) is 71.3 Å². The summed E-state index contributed by atoms with van der Waals surface area (Å²) in [5.41, 5.74) is 0.592. The molecule has 1 aliphatic rings. The molecule has 1 aliphatic heterocycles. The van der Waals surface area contributed by atoms with E-state index in [9.17, 15) is 9.18 Å². The highest BCUT2D eigenvalue weighted by molar-refractivity contribution is 7.09. The van der Waals surface area contributed by atoms with Gasteiger partial charge in [-0.25, -0.2) is 4.39 Å². The molecule has 3 heterocycles. The summed E-state index contributed by atoms with van der Waals surface area (Å²) in [6, 6.07) is 9.91. The lowest BCUT2D eigenvalue weighted by Crippen LogP contribution is -2.48. The lowest BCUT2D eigenvalue weighted by molar-refractivity contribution is -0.126. The van der Waals surface area contributed by atoms with Crippen molar-refractivity contribution in [2.45, 2.75) is 38.3 Å². The van der Waals surface area contributed by atoms with Crippen LogP contribution in [0.3, 0.4) is 0 Å². The van der Waals surface area contributed by atoms with Crippen LogP contribution in [0.4, 0.5) is 4.39 Å². The first kappa shape index (κ1) is 19.7. The van der Waals surface area contributed by atoms with E-state index >= 15 is 0 Å². The number of piperidine rings is 1. The summed E-state index contributed by atoms with van der Waals surface area (Å²) in [6.07, 6.45) is 1.87. The maximum atomic E-state index is 13.5. The van der Waals surface area contributed by atoms with Crippen molar-refractivity contribution >= 4 is 17.2 Å². The summed E-state index contributed by atoms with van der Waals surface area (Å²) in [7, 11) is 0. The van der Waals surface area contributed by atoms with Gasteiger partial charge >= 0.3 is 0 Å². The highest BCUT2D eigenvalue weighted by atomic mass is 32.1. The largest absolute Gasteiger partial charge is 0.350 e. The molecule has 4 rings (SSSR count). The Hall–Kier alpha value is -2.58. The standard InChI is InChI=1S/C21H23FN4O2S/c1-14(20(27)23-12-18-8-4-10-29-18)26-9-3-6-16(13-26)21-24-19(25-28-21)15-5-2-7-17(22)11-15/h2,4-5,7-8,10-11,14,16H,3,6,9,12-13H2,1H3,(H,23,27). The lowest BCUT2D eigenvalue weighted by Gasteiger charge is -2.34. The number of amides is 1. The van der Waals surface area contributed by atoms with E-state index in [0.717, 1.165) is 24.3 Å². The van der Waals surface area contributed by atoms with Crippen molar-refractivity contribution < 1.29 is 13.7 Å². The fourth-order valence-electron chi connectivity index (χ4n) is 3.61.